The van der Waals surface area contributed by atoms with E-state index < -0.39 is 0 Å². The number of aromatic nitrogens is 6. The molecule has 3 heterocycles. The number of benzene rings is 1. The van der Waals surface area contributed by atoms with Crippen LogP contribution in [0, 0.1) is 0 Å². The zero-order chi connectivity index (χ0) is 18.6. The van der Waals surface area contributed by atoms with E-state index in [2.05, 4.69) is 50.1 Å². The Morgan fingerprint density at radius 3 is 2.85 bits per heavy atom. The molecule has 0 saturated carbocycles. The maximum absolute atomic E-state index is 12.5. The molecule has 27 heavy (non-hydrogen) atoms. The van der Waals surface area contributed by atoms with E-state index >= 15 is 0 Å². The van der Waals surface area contributed by atoms with Gasteiger partial charge in [0.15, 0.2) is 0 Å². The molecule has 0 radical (unpaired) electrons. The standard InChI is InChI=1S/C18H24N8O/c1-2-26-16-7-4-3-6-15(16)20-17(26)12-23-8-5-9-24(11-10-23)18(27)13-25-14-19-21-22-25/h3-4,6-7,14H,2,5,8-13H2,1H3. The second kappa shape index (κ2) is 7.83. The number of nitrogens with zero attached hydrogens (tertiary/aromatic N) is 8. The first-order chi connectivity index (χ1) is 13.2. The van der Waals surface area contributed by atoms with E-state index in [9.17, 15) is 4.79 Å². The summed E-state index contributed by atoms with van der Waals surface area (Å²) in [4.78, 5) is 21.6. The molecule has 0 spiro atoms. The minimum Gasteiger partial charge on any atom is -0.340 e. The zero-order valence-corrected chi connectivity index (χ0v) is 15.5. The Balaban J connectivity index is 1.41. The summed E-state index contributed by atoms with van der Waals surface area (Å²) >= 11 is 0. The van der Waals surface area contributed by atoms with Gasteiger partial charge in [-0.15, -0.1) is 5.10 Å². The van der Waals surface area contributed by atoms with Gasteiger partial charge in [-0.25, -0.2) is 9.67 Å². The Labute approximate surface area is 157 Å². The largest absolute Gasteiger partial charge is 0.340 e. The van der Waals surface area contributed by atoms with Crippen LogP contribution in [0.25, 0.3) is 11.0 Å². The molecule has 0 bridgehead atoms. The predicted octanol–water partition coefficient (Wildman–Crippen LogP) is 0.777. The van der Waals surface area contributed by atoms with Crippen LogP contribution in [0.15, 0.2) is 30.6 Å². The van der Waals surface area contributed by atoms with Crippen LogP contribution >= 0.6 is 0 Å². The van der Waals surface area contributed by atoms with E-state index in [4.69, 9.17) is 4.98 Å². The molecule has 9 heteroatoms. The first kappa shape index (κ1) is 17.6. The van der Waals surface area contributed by atoms with Crippen LogP contribution in [-0.4, -0.2) is 71.6 Å². The van der Waals surface area contributed by atoms with Crippen molar-refractivity contribution in [1.29, 1.82) is 0 Å². The topological polar surface area (TPSA) is 85.0 Å². The number of rotatable bonds is 5. The molecule has 1 saturated heterocycles. The van der Waals surface area contributed by atoms with Crippen LogP contribution in [-0.2, 0) is 24.4 Å². The molecule has 0 unspecified atom stereocenters. The van der Waals surface area contributed by atoms with Gasteiger partial charge in [-0.05, 0) is 35.9 Å². The van der Waals surface area contributed by atoms with Crippen molar-refractivity contribution in [3.8, 4) is 0 Å². The van der Waals surface area contributed by atoms with Crippen LogP contribution in [0.4, 0.5) is 0 Å². The van der Waals surface area contributed by atoms with Gasteiger partial charge in [0.2, 0.25) is 5.91 Å². The van der Waals surface area contributed by atoms with E-state index in [-0.39, 0.29) is 12.5 Å². The Morgan fingerprint density at radius 2 is 2.04 bits per heavy atom. The van der Waals surface area contributed by atoms with Crippen molar-refractivity contribution in [2.75, 3.05) is 26.2 Å². The quantitative estimate of drug-likeness (QED) is 0.662. The van der Waals surface area contributed by atoms with Crippen molar-refractivity contribution in [3.63, 3.8) is 0 Å². The summed E-state index contributed by atoms with van der Waals surface area (Å²) in [5, 5.41) is 10.9. The number of amides is 1. The molecule has 142 valence electrons. The fourth-order valence-corrected chi connectivity index (χ4v) is 3.67. The molecule has 0 atom stereocenters. The average molecular weight is 368 g/mol. The van der Waals surface area contributed by atoms with Gasteiger partial charge in [0, 0.05) is 32.7 Å². The molecule has 0 N–H and O–H groups in total. The summed E-state index contributed by atoms with van der Waals surface area (Å²) in [5.74, 6) is 1.15. The fourth-order valence-electron chi connectivity index (χ4n) is 3.67. The molecule has 1 fully saturated rings. The minimum atomic E-state index is 0.0601. The number of hydrogen-bond acceptors (Lipinski definition) is 6. The van der Waals surface area contributed by atoms with Crippen LogP contribution < -0.4 is 0 Å². The summed E-state index contributed by atoms with van der Waals surface area (Å²) in [7, 11) is 0. The van der Waals surface area contributed by atoms with E-state index in [1.54, 1.807) is 0 Å². The third-order valence-electron chi connectivity index (χ3n) is 5.04. The van der Waals surface area contributed by atoms with Gasteiger partial charge >= 0.3 is 0 Å². The van der Waals surface area contributed by atoms with Crippen molar-refractivity contribution in [1.82, 2.24) is 39.6 Å². The van der Waals surface area contributed by atoms with Gasteiger partial charge in [0.1, 0.15) is 18.7 Å². The maximum atomic E-state index is 12.5. The first-order valence-corrected chi connectivity index (χ1v) is 9.39. The van der Waals surface area contributed by atoms with Crippen LogP contribution in [0.5, 0.6) is 0 Å². The number of imidazole rings is 1. The smallest absolute Gasteiger partial charge is 0.244 e. The Hall–Kier alpha value is -2.81. The highest BCUT2D eigenvalue weighted by Crippen LogP contribution is 2.18. The summed E-state index contributed by atoms with van der Waals surface area (Å²) < 4.78 is 3.75. The number of aryl methyl sites for hydroxylation is 1. The molecule has 4 rings (SSSR count). The van der Waals surface area contributed by atoms with Gasteiger partial charge in [0.05, 0.1) is 17.6 Å². The number of carbonyl (C=O) groups is 1. The molecule has 1 aliphatic rings. The predicted molar refractivity (Wildman–Crippen MR) is 99.7 cm³/mol. The normalized spacial score (nSPS) is 16.0. The summed E-state index contributed by atoms with van der Waals surface area (Å²) in [6.07, 6.45) is 2.42. The van der Waals surface area contributed by atoms with Gasteiger partial charge in [-0.1, -0.05) is 12.1 Å². The van der Waals surface area contributed by atoms with Crippen LogP contribution in [0.2, 0.25) is 0 Å². The molecule has 1 amide bonds. The zero-order valence-electron chi connectivity index (χ0n) is 15.5. The van der Waals surface area contributed by atoms with Crippen molar-refractivity contribution in [2.24, 2.45) is 0 Å². The molecule has 1 aliphatic heterocycles. The van der Waals surface area contributed by atoms with Crippen molar-refractivity contribution < 1.29 is 4.79 Å². The summed E-state index contributed by atoms with van der Waals surface area (Å²) in [6, 6.07) is 8.27. The first-order valence-electron chi connectivity index (χ1n) is 9.39. The lowest BCUT2D eigenvalue weighted by Crippen LogP contribution is -2.37. The lowest BCUT2D eigenvalue weighted by atomic mass is 10.3. The average Bonchev–Trinajstić information content (AvgIpc) is 3.23. The van der Waals surface area contributed by atoms with Crippen LogP contribution in [0.1, 0.15) is 19.2 Å². The highest BCUT2D eigenvalue weighted by molar-refractivity contribution is 5.76. The molecule has 0 aliphatic carbocycles. The maximum Gasteiger partial charge on any atom is 0.244 e. The van der Waals surface area contributed by atoms with Gasteiger partial charge in [-0.3, -0.25) is 9.69 Å². The van der Waals surface area contributed by atoms with Gasteiger partial charge < -0.3 is 9.47 Å². The van der Waals surface area contributed by atoms with Gasteiger partial charge in [-0.2, -0.15) is 0 Å². The van der Waals surface area contributed by atoms with Crippen molar-refractivity contribution in [2.45, 2.75) is 33.0 Å². The molecular formula is C18H24N8O. The Bertz CT molecular complexity index is 903. The number of fused-ring (bicyclic) bond motifs is 1. The highest BCUT2D eigenvalue weighted by atomic mass is 16.2. The summed E-state index contributed by atoms with van der Waals surface area (Å²) in [6.45, 7) is 7.33. The second-order valence-electron chi connectivity index (χ2n) is 6.78. The van der Waals surface area contributed by atoms with Crippen molar-refractivity contribution >= 4 is 16.9 Å². The molecule has 2 aromatic heterocycles. The number of tetrazole rings is 1. The number of carbonyl (C=O) groups excluding carboxylic acids is 1. The second-order valence-corrected chi connectivity index (χ2v) is 6.78. The highest BCUT2D eigenvalue weighted by Gasteiger charge is 2.21. The number of hydrogen-bond donors (Lipinski definition) is 0. The van der Waals surface area contributed by atoms with Crippen LogP contribution in [0.3, 0.4) is 0 Å². The van der Waals surface area contributed by atoms with Crippen molar-refractivity contribution in [3.05, 3.63) is 36.4 Å². The molecule has 1 aromatic carbocycles. The van der Waals surface area contributed by atoms with E-state index in [0.717, 1.165) is 50.5 Å². The third kappa shape index (κ3) is 3.82. The molecular weight excluding hydrogens is 344 g/mol. The SMILES string of the molecule is CCn1c(CN2CCCN(C(=O)Cn3cnnn3)CC2)nc2ccccc21. The van der Waals surface area contributed by atoms with E-state index in [1.807, 2.05) is 11.0 Å². The number of para-hydroxylation sites is 2. The fraction of sp³-hybridized carbons (Fsp3) is 0.500. The Kier molecular flexibility index (Phi) is 5.10. The molecule has 9 nitrogen and oxygen atoms in total. The van der Waals surface area contributed by atoms with Gasteiger partial charge in [0.25, 0.3) is 0 Å². The lowest BCUT2D eigenvalue weighted by Gasteiger charge is -2.22. The molecule has 3 aromatic rings. The lowest BCUT2D eigenvalue weighted by molar-refractivity contribution is -0.131. The third-order valence-corrected chi connectivity index (χ3v) is 5.04. The Morgan fingerprint density at radius 1 is 1.15 bits per heavy atom. The minimum absolute atomic E-state index is 0.0601. The van der Waals surface area contributed by atoms with E-state index in [1.165, 1.54) is 16.5 Å². The van der Waals surface area contributed by atoms with E-state index in [0.29, 0.717) is 6.54 Å². The summed E-state index contributed by atoms with van der Waals surface area (Å²) in [5.41, 5.74) is 2.23. The monoisotopic (exact) mass is 368 g/mol.